The van der Waals surface area contributed by atoms with Crippen LogP contribution in [0.25, 0.3) is 0 Å². The summed E-state index contributed by atoms with van der Waals surface area (Å²) in [4.78, 5) is 13.6. The van der Waals surface area contributed by atoms with E-state index in [9.17, 15) is 4.79 Å². The van der Waals surface area contributed by atoms with Crippen molar-refractivity contribution >= 4 is 6.09 Å². The number of rotatable bonds is 5. The van der Waals surface area contributed by atoms with Gasteiger partial charge >= 0.3 is 6.09 Å². The normalized spacial score (nSPS) is 17.4. The fourth-order valence-corrected chi connectivity index (χ4v) is 1.68. The van der Waals surface area contributed by atoms with Gasteiger partial charge in [0, 0.05) is 32.7 Å². The van der Waals surface area contributed by atoms with E-state index < -0.39 is 0 Å². The van der Waals surface area contributed by atoms with Gasteiger partial charge in [-0.25, -0.2) is 4.79 Å². The number of nitrogens with zero attached hydrogens (tertiary/aromatic N) is 1. The van der Waals surface area contributed by atoms with E-state index in [4.69, 9.17) is 4.74 Å². The van der Waals surface area contributed by atoms with Crippen molar-refractivity contribution < 1.29 is 9.53 Å². The predicted molar refractivity (Wildman–Crippen MR) is 63.5 cm³/mol. The van der Waals surface area contributed by atoms with Crippen LogP contribution in [0.1, 0.15) is 20.3 Å². The highest BCUT2D eigenvalue weighted by atomic mass is 16.6. The van der Waals surface area contributed by atoms with Crippen LogP contribution in [0.2, 0.25) is 0 Å². The van der Waals surface area contributed by atoms with Crippen molar-refractivity contribution in [3.63, 3.8) is 0 Å². The summed E-state index contributed by atoms with van der Waals surface area (Å²) in [6, 6.07) is 0. The van der Waals surface area contributed by atoms with E-state index in [0.717, 1.165) is 39.1 Å². The average molecular weight is 229 g/mol. The molecule has 1 aliphatic heterocycles. The molecule has 1 fully saturated rings. The second-order valence-corrected chi connectivity index (χ2v) is 4.33. The van der Waals surface area contributed by atoms with Crippen molar-refractivity contribution in [2.75, 3.05) is 39.3 Å². The number of nitrogens with one attached hydrogen (secondary N) is 2. The van der Waals surface area contributed by atoms with Crippen molar-refractivity contribution in [1.82, 2.24) is 15.5 Å². The molecular weight excluding hydrogens is 206 g/mol. The number of hydrogen-bond acceptors (Lipinski definition) is 4. The second kappa shape index (κ2) is 7.46. The van der Waals surface area contributed by atoms with Gasteiger partial charge in [-0.05, 0) is 26.8 Å². The van der Waals surface area contributed by atoms with Gasteiger partial charge in [-0.1, -0.05) is 0 Å². The molecule has 5 nitrogen and oxygen atoms in total. The van der Waals surface area contributed by atoms with E-state index in [2.05, 4.69) is 15.5 Å². The monoisotopic (exact) mass is 229 g/mol. The van der Waals surface area contributed by atoms with Crippen molar-refractivity contribution in [2.24, 2.45) is 0 Å². The third-order valence-corrected chi connectivity index (χ3v) is 2.47. The second-order valence-electron chi connectivity index (χ2n) is 4.33. The van der Waals surface area contributed by atoms with Gasteiger partial charge in [0.15, 0.2) is 0 Å². The summed E-state index contributed by atoms with van der Waals surface area (Å²) in [5.74, 6) is 0. The Kier molecular flexibility index (Phi) is 6.18. The maximum absolute atomic E-state index is 11.1. The number of alkyl carbamates (subject to hydrolysis) is 1. The van der Waals surface area contributed by atoms with Crippen molar-refractivity contribution in [1.29, 1.82) is 0 Å². The predicted octanol–water partition coefficient (Wildman–Crippen LogP) is 0.416. The minimum atomic E-state index is -0.310. The summed E-state index contributed by atoms with van der Waals surface area (Å²) in [7, 11) is 0. The topological polar surface area (TPSA) is 53.6 Å². The van der Waals surface area contributed by atoms with Crippen LogP contribution in [0.15, 0.2) is 0 Å². The van der Waals surface area contributed by atoms with Gasteiger partial charge in [0.05, 0.1) is 6.10 Å². The Labute approximate surface area is 97.5 Å². The van der Waals surface area contributed by atoms with Crippen LogP contribution in [0.4, 0.5) is 4.79 Å². The van der Waals surface area contributed by atoms with Crippen LogP contribution in [0.5, 0.6) is 0 Å². The highest BCUT2D eigenvalue weighted by Gasteiger charge is 2.09. The molecule has 1 saturated heterocycles. The fraction of sp³-hybridized carbons (Fsp3) is 0.909. The Balaban J connectivity index is 1.96. The van der Waals surface area contributed by atoms with Gasteiger partial charge in [0.2, 0.25) is 0 Å². The fourth-order valence-electron chi connectivity index (χ4n) is 1.68. The van der Waals surface area contributed by atoms with Crippen LogP contribution >= 0.6 is 0 Å². The zero-order valence-corrected chi connectivity index (χ0v) is 10.3. The molecule has 0 radical (unpaired) electrons. The summed E-state index contributed by atoms with van der Waals surface area (Å²) in [6.07, 6.45) is 0.621. The standard InChI is InChI=1S/C11H23N3O2/c1-10(2)16-11(15)13-4-3-7-14-8-5-12-6-9-14/h10,12H,3-9H2,1-2H3,(H,13,15). The summed E-state index contributed by atoms with van der Waals surface area (Å²) in [5, 5.41) is 6.06. The van der Waals surface area contributed by atoms with Crippen molar-refractivity contribution in [2.45, 2.75) is 26.4 Å². The first-order chi connectivity index (χ1) is 7.68. The highest BCUT2D eigenvalue weighted by Crippen LogP contribution is 1.94. The summed E-state index contributed by atoms with van der Waals surface area (Å²) in [5.41, 5.74) is 0. The molecule has 0 bridgehead atoms. The Morgan fingerprint density at radius 1 is 1.44 bits per heavy atom. The zero-order valence-electron chi connectivity index (χ0n) is 10.3. The molecule has 5 heteroatoms. The van der Waals surface area contributed by atoms with Gasteiger partial charge in [0.25, 0.3) is 0 Å². The van der Waals surface area contributed by atoms with E-state index >= 15 is 0 Å². The molecule has 16 heavy (non-hydrogen) atoms. The van der Waals surface area contributed by atoms with Gasteiger partial charge < -0.3 is 20.3 Å². The number of carbonyl (C=O) groups is 1. The first-order valence-corrected chi connectivity index (χ1v) is 6.06. The Hall–Kier alpha value is -0.810. The van der Waals surface area contributed by atoms with E-state index in [1.807, 2.05) is 13.8 Å². The highest BCUT2D eigenvalue weighted by molar-refractivity contribution is 5.67. The molecule has 1 aliphatic rings. The average Bonchev–Trinajstić information content (AvgIpc) is 2.25. The molecule has 94 valence electrons. The molecule has 0 saturated carbocycles. The molecule has 2 N–H and O–H groups in total. The Morgan fingerprint density at radius 3 is 2.75 bits per heavy atom. The van der Waals surface area contributed by atoms with Crippen LogP contribution in [0, 0.1) is 0 Å². The minimum absolute atomic E-state index is 0.0480. The van der Waals surface area contributed by atoms with Gasteiger partial charge in [0.1, 0.15) is 0 Å². The molecule has 0 atom stereocenters. The van der Waals surface area contributed by atoms with Crippen LogP contribution in [-0.2, 0) is 4.74 Å². The van der Waals surface area contributed by atoms with Crippen LogP contribution in [-0.4, -0.2) is 56.4 Å². The van der Waals surface area contributed by atoms with Crippen LogP contribution in [0.3, 0.4) is 0 Å². The number of carbonyl (C=O) groups excluding carboxylic acids is 1. The summed E-state index contributed by atoms with van der Waals surface area (Å²) in [6.45, 7) is 9.79. The number of amides is 1. The lowest BCUT2D eigenvalue weighted by Crippen LogP contribution is -2.44. The zero-order chi connectivity index (χ0) is 11.8. The Bertz CT molecular complexity index is 203. The lowest BCUT2D eigenvalue weighted by molar-refractivity contribution is 0.115. The largest absolute Gasteiger partial charge is 0.447 e. The Morgan fingerprint density at radius 2 is 2.12 bits per heavy atom. The lowest BCUT2D eigenvalue weighted by atomic mass is 10.3. The smallest absolute Gasteiger partial charge is 0.407 e. The maximum atomic E-state index is 11.1. The van der Waals surface area contributed by atoms with Gasteiger partial charge in [-0.15, -0.1) is 0 Å². The molecule has 0 aromatic heterocycles. The molecule has 0 unspecified atom stereocenters. The summed E-state index contributed by atoms with van der Waals surface area (Å²) >= 11 is 0. The van der Waals surface area contributed by atoms with Gasteiger partial charge in [-0.2, -0.15) is 0 Å². The molecule has 1 rings (SSSR count). The quantitative estimate of drug-likeness (QED) is 0.671. The molecule has 1 amide bonds. The number of ether oxygens (including phenoxy) is 1. The summed E-state index contributed by atoms with van der Waals surface area (Å²) < 4.78 is 4.97. The first-order valence-electron chi connectivity index (χ1n) is 6.06. The first kappa shape index (κ1) is 13.3. The number of hydrogen-bond donors (Lipinski definition) is 2. The minimum Gasteiger partial charge on any atom is -0.447 e. The lowest BCUT2D eigenvalue weighted by Gasteiger charge is -2.27. The molecular formula is C11H23N3O2. The van der Waals surface area contributed by atoms with Crippen molar-refractivity contribution in [3.8, 4) is 0 Å². The van der Waals surface area contributed by atoms with E-state index in [-0.39, 0.29) is 12.2 Å². The molecule has 0 aromatic rings. The SMILES string of the molecule is CC(C)OC(=O)NCCCN1CCNCC1. The van der Waals surface area contributed by atoms with E-state index in [1.54, 1.807) is 0 Å². The maximum Gasteiger partial charge on any atom is 0.407 e. The third-order valence-electron chi connectivity index (χ3n) is 2.47. The van der Waals surface area contributed by atoms with E-state index in [1.165, 1.54) is 0 Å². The molecule has 0 aliphatic carbocycles. The molecule has 0 aromatic carbocycles. The third kappa shape index (κ3) is 5.92. The molecule has 0 spiro atoms. The van der Waals surface area contributed by atoms with Gasteiger partial charge in [-0.3, -0.25) is 0 Å². The van der Waals surface area contributed by atoms with Crippen LogP contribution < -0.4 is 10.6 Å². The number of piperazine rings is 1. The van der Waals surface area contributed by atoms with Crippen molar-refractivity contribution in [3.05, 3.63) is 0 Å². The molecule has 1 heterocycles. The van der Waals surface area contributed by atoms with E-state index in [0.29, 0.717) is 6.54 Å².